The van der Waals surface area contributed by atoms with Crippen LogP contribution in [0.1, 0.15) is 54.7 Å². The molecule has 3 rings (SSSR count). The van der Waals surface area contributed by atoms with E-state index >= 15 is 0 Å². The first-order valence-corrected chi connectivity index (χ1v) is 9.37. The van der Waals surface area contributed by atoms with Gasteiger partial charge in [-0.25, -0.2) is 0 Å². The molecule has 2 aromatic rings. The summed E-state index contributed by atoms with van der Waals surface area (Å²) in [6, 6.07) is 9.27. The van der Waals surface area contributed by atoms with E-state index in [4.69, 9.17) is 9.47 Å². The van der Waals surface area contributed by atoms with Gasteiger partial charge in [0.05, 0.1) is 12.8 Å². The van der Waals surface area contributed by atoms with Crippen molar-refractivity contribution in [2.45, 2.75) is 45.1 Å². The molecule has 0 unspecified atom stereocenters. The van der Waals surface area contributed by atoms with Gasteiger partial charge in [0.1, 0.15) is 6.61 Å². The third kappa shape index (κ3) is 4.77. The SMILES string of the molecule is COc1ccccc1OCc1cc(C(=O)N2CCCCCCCC2)n[nH]1. The molecule has 26 heavy (non-hydrogen) atoms. The standard InChI is InChI=1S/C20H27N3O3/c1-25-18-10-6-7-11-19(18)26-15-16-14-17(22-21-16)20(24)23-12-8-4-2-3-5-9-13-23/h6-7,10-11,14H,2-5,8-9,12-13,15H2,1H3,(H,21,22). The van der Waals surface area contributed by atoms with Gasteiger partial charge in [-0.1, -0.05) is 37.8 Å². The van der Waals surface area contributed by atoms with Gasteiger partial charge in [0, 0.05) is 13.1 Å². The summed E-state index contributed by atoms with van der Waals surface area (Å²) in [4.78, 5) is 14.7. The van der Waals surface area contributed by atoms with E-state index in [0.717, 1.165) is 31.6 Å². The van der Waals surface area contributed by atoms with Crippen LogP contribution in [0.3, 0.4) is 0 Å². The van der Waals surface area contributed by atoms with Gasteiger partial charge >= 0.3 is 0 Å². The number of hydrogen-bond acceptors (Lipinski definition) is 4. The van der Waals surface area contributed by atoms with Crippen LogP contribution in [0, 0.1) is 0 Å². The minimum absolute atomic E-state index is 0.00620. The normalized spacial score (nSPS) is 15.7. The number of nitrogens with one attached hydrogen (secondary N) is 1. The predicted octanol–water partition coefficient (Wildman–Crippen LogP) is 3.79. The lowest BCUT2D eigenvalue weighted by molar-refractivity contribution is 0.0746. The smallest absolute Gasteiger partial charge is 0.274 e. The zero-order valence-corrected chi connectivity index (χ0v) is 15.4. The summed E-state index contributed by atoms with van der Waals surface area (Å²) >= 11 is 0. The number of amides is 1. The maximum Gasteiger partial charge on any atom is 0.274 e. The van der Waals surface area contributed by atoms with Gasteiger partial charge in [-0.3, -0.25) is 9.89 Å². The second kappa shape index (κ2) is 9.27. The third-order valence-corrected chi connectivity index (χ3v) is 4.70. The molecule has 1 N–H and O–H groups in total. The van der Waals surface area contributed by atoms with Crippen molar-refractivity contribution in [3.63, 3.8) is 0 Å². The number of para-hydroxylation sites is 2. The molecule has 0 aliphatic carbocycles. The maximum atomic E-state index is 12.7. The van der Waals surface area contributed by atoms with Crippen LogP contribution in [0.4, 0.5) is 0 Å². The van der Waals surface area contributed by atoms with E-state index in [9.17, 15) is 4.79 Å². The number of aromatic amines is 1. The molecule has 0 spiro atoms. The Hall–Kier alpha value is -2.50. The average molecular weight is 357 g/mol. The van der Waals surface area contributed by atoms with Crippen LogP contribution in [0.25, 0.3) is 0 Å². The van der Waals surface area contributed by atoms with Crippen LogP contribution in [-0.2, 0) is 6.61 Å². The number of H-pyrrole nitrogens is 1. The number of ether oxygens (including phenoxy) is 2. The van der Waals surface area contributed by atoms with Crippen LogP contribution in [0.15, 0.2) is 30.3 Å². The van der Waals surface area contributed by atoms with E-state index in [2.05, 4.69) is 10.2 Å². The molecular formula is C20H27N3O3. The molecule has 1 aromatic heterocycles. The van der Waals surface area contributed by atoms with Gasteiger partial charge in [0.2, 0.25) is 0 Å². The summed E-state index contributed by atoms with van der Waals surface area (Å²) in [6.07, 6.45) is 7.08. The van der Waals surface area contributed by atoms with Crippen molar-refractivity contribution in [2.75, 3.05) is 20.2 Å². The van der Waals surface area contributed by atoms with Gasteiger partial charge in [0.25, 0.3) is 5.91 Å². The summed E-state index contributed by atoms with van der Waals surface area (Å²) in [5.41, 5.74) is 1.23. The molecule has 1 aliphatic rings. The van der Waals surface area contributed by atoms with Crippen molar-refractivity contribution in [1.29, 1.82) is 0 Å². The highest BCUT2D eigenvalue weighted by atomic mass is 16.5. The van der Waals surface area contributed by atoms with Crippen molar-refractivity contribution < 1.29 is 14.3 Å². The molecule has 1 aliphatic heterocycles. The predicted molar refractivity (Wildman–Crippen MR) is 99.5 cm³/mol. The van der Waals surface area contributed by atoms with E-state index in [1.54, 1.807) is 13.2 Å². The highest BCUT2D eigenvalue weighted by molar-refractivity contribution is 5.92. The average Bonchev–Trinajstić information content (AvgIpc) is 3.19. The summed E-state index contributed by atoms with van der Waals surface area (Å²) < 4.78 is 11.1. The molecule has 1 fully saturated rings. The van der Waals surface area contributed by atoms with Gasteiger partial charge in [-0.2, -0.15) is 5.10 Å². The number of aromatic nitrogens is 2. The van der Waals surface area contributed by atoms with Crippen molar-refractivity contribution in [1.82, 2.24) is 15.1 Å². The molecule has 0 saturated carbocycles. The van der Waals surface area contributed by atoms with Crippen molar-refractivity contribution >= 4 is 5.91 Å². The molecule has 1 saturated heterocycles. The van der Waals surface area contributed by atoms with E-state index in [1.807, 2.05) is 29.2 Å². The van der Waals surface area contributed by atoms with Gasteiger partial charge in [-0.15, -0.1) is 0 Å². The fourth-order valence-electron chi connectivity index (χ4n) is 3.23. The van der Waals surface area contributed by atoms with Gasteiger partial charge < -0.3 is 14.4 Å². The molecule has 6 heteroatoms. The number of rotatable bonds is 5. The molecule has 6 nitrogen and oxygen atoms in total. The Morgan fingerprint density at radius 1 is 1.08 bits per heavy atom. The van der Waals surface area contributed by atoms with E-state index in [1.165, 1.54) is 25.7 Å². The lowest BCUT2D eigenvalue weighted by Gasteiger charge is -2.20. The first-order valence-electron chi connectivity index (χ1n) is 9.37. The van der Waals surface area contributed by atoms with Crippen molar-refractivity contribution in [2.24, 2.45) is 0 Å². The molecule has 140 valence electrons. The Morgan fingerprint density at radius 3 is 2.42 bits per heavy atom. The maximum absolute atomic E-state index is 12.7. The first kappa shape index (κ1) is 18.3. The molecule has 2 heterocycles. The largest absolute Gasteiger partial charge is 0.493 e. The Bertz CT molecular complexity index is 704. The topological polar surface area (TPSA) is 67.5 Å². The molecule has 0 atom stereocenters. The lowest BCUT2D eigenvalue weighted by atomic mass is 10.1. The van der Waals surface area contributed by atoms with E-state index < -0.39 is 0 Å². The van der Waals surface area contributed by atoms with E-state index in [0.29, 0.717) is 23.8 Å². The minimum atomic E-state index is 0.00620. The Labute approximate surface area is 154 Å². The third-order valence-electron chi connectivity index (χ3n) is 4.70. The monoisotopic (exact) mass is 357 g/mol. The zero-order valence-electron chi connectivity index (χ0n) is 15.4. The molecule has 1 amide bonds. The second-order valence-electron chi connectivity index (χ2n) is 6.63. The van der Waals surface area contributed by atoms with Gasteiger partial charge in [-0.05, 0) is 31.0 Å². The molecule has 0 bridgehead atoms. The minimum Gasteiger partial charge on any atom is -0.493 e. The van der Waals surface area contributed by atoms with Crippen molar-refractivity contribution in [3.05, 3.63) is 41.7 Å². The Morgan fingerprint density at radius 2 is 1.73 bits per heavy atom. The quantitative estimate of drug-likeness (QED) is 0.884. The summed E-state index contributed by atoms with van der Waals surface area (Å²) in [5.74, 6) is 1.35. The Balaban J connectivity index is 1.60. The number of hydrogen-bond donors (Lipinski definition) is 1. The van der Waals surface area contributed by atoms with Crippen LogP contribution < -0.4 is 9.47 Å². The van der Waals surface area contributed by atoms with Crippen LogP contribution in [0.2, 0.25) is 0 Å². The summed E-state index contributed by atoms with van der Waals surface area (Å²) in [7, 11) is 1.61. The molecular weight excluding hydrogens is 330 g/mol. The zero-order chi connectivity index (χ0) is 18.2. The summed E-state index contributed by atoms with van der Waals surface area (Å²) in [5, 5.41) is 7.11. The molecule has 0 radical (unpaired) electrons. The number of carbonyl (C=O) groups excluding carboxylic acids is 1. The number of carbonyl (C=O) groups is 1. The lowest BCUT2D eigenvalue weighted by Crippen LogP contribution is -2.33. The van der Waals surface area contributed by atoms with E-state index in [-0.39, 0.29) is 5.91 Å². The van der Waals surface area contributed by atoms with Crippen molar-refractivity contribution in [3.8, 4) is 11.5 Å². The van der Waals surface area contributed by atoms with Crippen LogP contribution in [-0.4, -0.2) is 41.2 Å². The molecule has 1 aromatic carbocycles. The Kier molecular flexibility index (Phi) is 6.52. The van der Waals surface area contributed by atoms with Crippen LogP contribution in [0.5, 0.6) is 11.5 Å². The number of nitrogens with zero attached hydrogens (tertiary/aromatic N) is 2. The highest BCUT2D eigenvalue weighted by Gasteiger charge is 2.19. The number of benzene rings is 1. The fourth-order valence-corrected chi connectivity index (χ4v) is 3.23. The van der Waals surface area contributed by atoms with Crippen LogP contribution >= 0.6 is 0 Å². The summed E-state index contributed by atoms with van der Waals surface area (Å²) in [6.45, 7) is 1.94. The number of methoxy groups -OCH3 is 1. The van der Waals surface area contributed by atoms with Gasteiger partial charge in [0.15, 0.2) is 17.2 Å². The first-order chi connectivity index (χ1) is 12.8. The second-order valence-corrected chi connectivity index (χ2v) is 6.63. The highest BCUT2D eigenvalue weighted by Crippen LogP contribution is 2.26. The fraction of sp³-hybridized carbons (Fsp3) is 0.500.